The van der Waals surface area contributed by atoms with E-state index in [0.29, 0.717) is 6.54 Å². The van der Waals surface area contributed by atoms with E-state index < -0.39 is 255 Å². The summed E-state index contributed by atoms with van der Waals surface area (Å²) in [5.41, 5.74) is 7.18. The molecule has 11 bridgehead atoms. The van der Waals surface area contributed by atoms with Crippen LogP contribution in [0.15, 0.2) is 78.9 Å². The zero-order valence-corrected chi connectivity index (χ0v) is 67.3. The van der Waals surface area contributed by atoms with Crippen LogP contribution in [-0.2, 0) is 62.0 Å². The van der Waals surface area contributed by atoms with Crippen LogP contribution in [0, 0.1) is 5.92 Å². The summed E-state index contributed by atoms with van der Waals surface area (Å²) in [6.45, 7) is 11.5. The van der Waals surface area contributed by atoms with Crippen molar-refractivity contribution < 1.29 is 127 Å². The number of aromatic hydroxyl groups is 3. The molecule has 22 N–H and O–H groups in total. The summed E-state index contributed by atoms with van der Waals surface area (Å²) in [4.78, 5) is 120. The number of hydrogen-bond donors (Lipinski definition) is 20. The Kier molecular flexibility index (Phi) is 28.5. The van der Waals surface area contributed by atoms with Gasteiger partial charge < -0.3 is 143 Å². The predicted molar refractivity (Wildman–Crippen MR) is 418 cm³/mol. The number of unbranched alkanes of at least 4 members (excludes halogenated alkanes) is 4. The van der Waals surface area contributed by atoms with Crippen molar-refractivity contribution in [2.24, 2.45) is 17.4 Å². The van der Waals surface area contributed by atoms with Crippen LogP contribution >= 0.6 is 23.2 Å². The summed E-state index contributed by atoms with van der Waals surface area (Å²) in [7, 11) is 1.48. The van der Waals surface area contributed by atoms with E-state index in [0.717, 1.165) is 80.6 Å². The summed E-state index contributed by atoms with van der Waals surface area (Å²) >= 11 is 14.6. The molecular weight excluding hydrogens is 1590 g/mol. The molecule has 22 atom stereocenters. The van der Waals surface area contributed by atoms with Crippen molar-refractivity contribution in [1.29, 1.82) is 0 Å². The maximum atomic E-state index is 16.5. The number of carbonyl (C=O) groups excluding carboxylic acids is 7. The monoisotopic (exact) mass is 1690 g/mol. The highest BCUT2D eigenvalue weighted by Gasteiger charge is 2.53. The number of fused-ring (bicyclic) bond motifs is 15. The number of carbonyl (C=O) groups is 8. The number of phenols is 3. The van der Waals surface area contributed by atoms with Crippen molar-refractivity contribution in [3.05, 3.63) is 117 Å². The van der Waals surface area contributed by atoms with Crippen LogP contribution in [0.2, 0.25) is 10.0 Å². The molecule has 8 aliphatic heterocycles. The van der Waals surface area contributed by atoms with Gasteiger partial charge in [-0.05, 0) is 137 Å². The number of primary amides is 1. The number of nitrogens with one attached hydrogen (secondary N) is 8. The Labute approximate surface area is 688 Å². The Bertz CT molecular complexity index is 4570. The first kappa shape index (κ1) is 89.5. The number of amides is 7. The van der Waals surface area contributed by atoms with Crippen LogP contribution in [0.25, 0.3) is 11.1 Å². The van der Waals surface area contributed by atoms with E-state index in [9.17, 15) is 65.4 Å². The molecule has 3 saturated heterocycles. The first-order valence-electron chi connectivity index (χ1n) is 38.8. The summed E-state index contributed by atoms with van der Waals surface area (Å²) in [6.07, 6.45) is -17.6. The molecule has 0 radical (unpaired) electrons. The highest BCUT2D eigenvalue weighted by molar-refractivity contribution is 6.32. The topological polar surface area (TPSA) is 561 Å². The number of carboxylic acids is 1. The van der Waals surface area contributed by atoms with Crippen molar-refractivity contribution in [3.8, 4) is 57.1 Å². The van der Waals surface area contributed by atoms with Gasteiger partial charge >= 0.3 is 5.97 Å². The summed E-state index contributed by atoms with van der Waals surface area (Å²) in [5.74, 6) is -15.9. The minimum absolute atomic E-state index is 0.0965. The lowest BCUT2D eigenvalue weighted by Gasteiger charge is -2.48. The molecule has 13 rings (SSSR count). The van der Waals surface area contributed by atoms with Crippen molar-refractivity contribution in [2.45, 2.75) is 240 Å². The Balaban J connectivity index is 1.17. The standard InChI is InChI=1S/C80H102Cl2N10O26/c1-9-10-11-12-13-20-86-80(7)31-56(112-35(5)70(80)102)117-68-65(100)64(99)53(32-93)115-78(68)118-67-51-25-39-26-52(67)114-50-19-16-38(24-44(50)82)66(116-55-30-79(6,84)69(101)34(4)111-55)62-76(108)90-60(77(109)110)42-27-40(94)28-48(96)57(42)41-22-36(14-17-47(41)95)58(73(105)92-62)89-74(106)59(39)88-72(104)46(29-54(83)97)87-75(107)61(91-71(103)45(85-8)21-33(2)3)63(98)37-15-18-49(113-51)43(81)23-37/h14-19,22-28,33-35,45-46,53,55-56,58-66,68-70,78,85-86,93-96,98-102H,9-13,20-21,29-32,84H2,1-8H3,(H2,83,97)(H,87,107)(H,88,104)(H,89,106)(H,90,108)(H,91,103)(H,92,105)(H,109,110)/t34-,35-,45+,46-,53+,55-,56-,58+,59+,60+,61+,62-,63+,64+,65-,66+,68+,69+,70+,78-,79-,80-/m0/s1. The smallest absolute Gasteiger partial charge is 0.330 e. The maximum Gasteiger partial charge on any atom is 0.330 e. The number of aliphatic hydroxyl groups excluding tert-OH is 6. The van der Waals surface area contributed by atoms with Crippen LogP contribution in [0.4, 0.5) is 0 Å². The van der Waals surface area contributed by atoms with E-state index >= 15 is 24.0 Å². The van der Waals surface area contributed by atoms with Gasteiger partial charge in [-0.25, -0.2) is 4.79 Å². The van der Waals surface area contributed by atoms with E-state index in [4.69, 9.17) is 72.6 Å². The zero-order valence-electron chi connectivity index (χ0n) is 65.8. The largest absolute Gasteiger partial charge is 0.508 e. The maximum absolute atomic E-state index is 16.5. The van der Waals surface area contributed by atoms with Crippen molar-refractivity contribution in [2.75, 3.05) is 20.2 Å². The van der Waals surface area contributed by atoms with E-state index in [1.54, 1.807) is 13.8 Å². The number of nitrogens with two attached hydrogens (primary N) is 2. The quantitative estimate of drug-likeness (QED) is 0.0443. The van der Waals surface area contributed by atoms with Crippen LogP contribution < -0.4 is 68.2 Å². The molecule has 0 saturated carbocycles. The van der Waals surface area contributed by atoms with E-state index in [2.05, 4.69) is 49.5 Å². The van der Waals surface area contributed by atoms with Crippen LogP contribution in [0.1, 0.15) is 164 Å². The first-order chi connectivity index (χ1) is 55.8. The molecule has 3 fully saturated rings. The SMILES string of the molecule is CCCCCCCN[C@@]1(C)C[C@H](O[C@H]2[C@H](Oc3c4cc5cc3Oc3ccc(cc3Cl)[C@@H](O[C@H]3C[C@](C)(N)[C@H](O)[C@H](C)O3)[C@@H]3NC(=O)[C@H](NC(=O)[C@@H]5NC(=O)[C@H](CC(N)=O)NC(=O)[C@H](NC(=O)[C@@H](CC(C)C)NC)[C@H](O)c5ccc(c(Cl)c5)O4)c4ccc(O)c(c4)-c4c(O)cc(O)cc4[C@H](C(=O)O)NC3=O)O[C@H](CO)[C@@H](O)[C@@H]2O)O[C@@H](C)[C@H]1O. The van der Waals surface area contributed by atoms with Gasteiger partial charge in [0.2, 0.25) is 53.4 Å². The zero-order chi connectivity index (χ0) is 85.8. The summed E-state index contributed by atoms with van der Waals surface area (Å²) in [5, 5.41) is 137. The second-order valence-corrected chi connectivity index (χ2v) is 32.3. The Morgan fingerprint density at radius 3 is 1.90 bits per heavy atom. The fraction of sp³-hybridized carbons (Fsp3) is 0.525. The number of aliphatic hydroxyl groups is 6. The van der Waals surface area contributed by atoms with Crippen molar-refractivity contribution in [1.82, 2.24) is 42.5 Å². The fourth-order valence-electron chi connectivity index (χ4n) is 15.5. The van der Waals surface area contributed by atoms with Gasteiger partial charge in [0.15, 0.2) is 36.2 Å². The van der Waals surface area contributed by atoms with Crippen molar-refractivity contribution >= 4 is 70.5 Å². The Hall–Kier alpha value is -9.32. The van der Waals surface area contributed by atoms with E-state index in [1.807, 2.05) is 13.8 Å². The van der Waals surface area contributed by atoms with Gasteiger partial charge in [0, 0.05) is 46.7 Å². The minimum atomic E-state index is -2.38. The molecular formula is C80H102Cl2N10O26. The molecule has 8 aliphatic rings. The van der Waals surface area contributed by atoms with Crippen LogP contribution in [0.3, 0.4) is 0 Å². The van der Waals surface area contributed by atoms with Gasteiger partial charge in [0.25, 0.3) is 0 Å². The van der Waals surface area contributed by atoms with Crippen LogP contribution in [0.5, 0.6) is 46.0 Å². The molecule has 642 valence electrons. The number of phenolic OH excluding ortho intramolecular Hbond substituents is 3. The van der Waals surface area contributed by atoms with Gasteiger partial charge in [-0.1, -0.05) is 87.9 Å². The molecule has 0 aromatic heterocycles. The molecule has 0 spiro atoms. The Morgan fingerprint density at radius 1 is 0.669 bits per heavy atom. The molecule has 8 heterocycles. The van der Waals surface area contributed by atoms with Gasteiger partial charge in [0.05, 0.1) is 53.5 Å². The lowest BCUT2D eigenvalue weighted by atomic mass is 9.85. The van der Waals surface area contributed by atoms with Gasteiger partial charge in [0.1, 0.15) is 89.5 Å². The average molecular weight is 1690 g/mol. The molecule has 118 heavy (non-hydrogen) atoms. The highest BCUT2D eigenvalue weighted by Crippen LogP contribution is 2.51. The Morgan fingerprint density at radius 2 is 1.28 bits per heavy atom. The third-order valence-electron chi connectivity index (χ3n) is 21.9. The normalized spacial score (nSPS) is 30.9. The second-order valence-electron chi connectivity index (χ2n) is 31.5. The lowest BCUT2D eigenvalue weighted by molar-refractivity contribution is -0.334. The second kappa shape index (κ2) is 37.5. The number of halogens is 2. The van der Waals surface area contributed by atoms with E-state index in [-0.39, 0.29) is 58.4 Å². The summed E-state index contributed by atoms with van der Waals surface area (Å²) < 4.78 is 52.6. The van der Waals surface area contributed by atoms with Gasteiger partial charge in [-0.3, -0.25) is 33.6 Å². The average Bonchev–Trinajstić information content (AvgIpc) is 0.766. The first-order valence-corrected chi connectivity index (χ1v) is 39.6. The molecule has 5 aromatic carbocycles. The highest BCUT2D eigenvalue weighted by atomic mass is 35.5. The number of hydrogen-bond acceptors (Lipinski definition) is 28. The third-order valence-corrected chi connectivity index (χ3v) is 22.5. The lowest BCUT2D eigenvalue weighted by Crippen LogP contribution is -2.65. The van der Waals surface area contributed by atoms with E-state index in [1.165, 1.54) is 51.2 Å². The van der Waals surface area contributed by atoms with Gasteiger partial charge in [-0.2, -0.15) is 0 Å². The molecule has 5 aromatic rings. The number of benzene rings is 5. The fourth-order valence-corrected chi connectivity index (χ4v) is 16.0. The van der Waals surface area contributed by atoms with Gasteiger partial charge in [-0.15, -0.1) is 0 Å². The molecule has 7 amide bonds. The summed E-state index contributed by atoms with van der Waals surface area (Å²) in [6, 6.07) is -0.226. The number of rotatable bonds is 22. The number of ether oxygens (including phenoxy) is 8. The molecule has 0 unspecified atom stereocenters. The third kappa shape index (κ3) is 19.9. The minimum Gasteiger partial charge on any atom is -0.508 e. The number of carboxylic acid groups (broad SMARTS) is 1. The molecule has 0 aliphatic carbocycles. The number of likely N-dealkylation sites (N-methyl/N-ethyl adjacent to an activating group) is 1. The predicted octanol–water partition coefficient (Wildman–Crippen LogP) is 2.95. The molecule has 38 heteroatoms. The molecule has 36 nitrogen and oxygen atoms in total. The number of aliphatic carboxylic acids is 1. The van der Waals surface area contributed by atoms with Crippen LogP contribution in [-0.4, -0.2) is 222 Å². The van der Waals surface area contributed by atoms with Crippen molar-refractivity contribution in [3.63, 3.8) is 0 Å².